The lowest BCUT2D eigenvalue weighted by atomic mass is 9.96. The molecule has 124 valence electrons. The quantitative estimate of drug-likeness (QED) is 0.848. The molecule has 21 heavy (non-hydrogen) atoms. The average Bonchev–Trinajstić information content (AvgIpc) is 2.34. The van der Waals surface area contributed by atoms with E-state index < -0.39 is 5.60 Å². The first-order valence-electron chi connectivity index (χ1n) is 7.97. The van der Waals surface area contributed by atoms with Crippen molar-refractivity contribution in [2.45, 2.75) is 77.6 Å². The van der Waals surface area contributed by atoms with Gasteiger partial charge in [0.15, 0.2) is 0 Å². The molecule has 1 fully saturated rings. The van der Waals surface area contributed by atoms with Crippen LogP contribution in [-0.4, -0.2) is 55.0 Å². The van der Waals surface area contributed by atoms with E-state index in [2.05, 4.69) is 19.2 Å². The molecule has 0 aromatic heterocycles. The zero-order valence-electron chi connectivity index (χ0n) is 14.4. The van der Waals surface area contributed by atoms with E-state index >= 15 is 0 Å². The van der Waals surface area contributed by atoms with Gasteiger partial charge in [0.2, 0.25) is 0 Å². The lowest BCUT2D eigenvalue weighted by molar-refractivity contribution is 0.00135. The fraction of sp³-hybridized carbons (Fsp3) is 0.938. The fourth-order valence-electron chi connectivity index (χ4n) is 2.73. The second-order valence-corrected chi connectivity index (χ2v) is 7.16. The zero-order chi connectivity index (χ0) is 16.0. The van der Waals surface area contributed by atoms with Crippen LogP contribution in [0, 0.1) is 0 Å². The van der Waals surface area contributed by atoms with Gasteiger partial charge >= 0.3 is 6.09 Å². The Morgan fingerprint density at radius 3 is 2.52 bits per heavy atom. The molecule has 1 heterocycles. The van der Waals surface area contributed by atoms with Gasteiger partial charge in [-0.1, -0.05) is 13.8 Å². The van der Waals surface area contributed by atoms with Crippen LogP contribution in [0.3, 0.4) is 0 Å². The Balaban J connectivity index is 2.70. The Morgan fingerprint density at radius 2 is 2.00 bits per heavy atom. The van der Waals surface area contributed by atoms with Gasteiger partial charge in [0.25, 0.3) is 0 Å². The number of likely N-dealkylation sites (tertiary alicyclic amines) is 1. The summed E-state index contributed by atoms with van der Waals surface area (Å²) >= 11 is 0. The first kappa shape index (κ1) is 18.2. The molecule has 0 bridgehead atoms. The summed E-state index contributed by atoms with van der Waals surface area (Å²) in [6.07, 6.45) is 2.74. The van der Waals surface area contributed by atoms with Crippen LogP contribution in [0.15, 0.2) is 0 Å². The highest BCUT2D eigenvalue weighted by Crippen LogP contribution is 2.23. The van der Waals surface area contributed by atoms with E-state index in [0.29, 0.717) is 25.2 Å². The van der Waals surface area contributed by atoms with E-state index in [-0.39, 0.29) is 12.1 Å². The number of amides is 1. The van der Waals surface area contributed by atoms with Crippen LogP contribution in [0.2, 0.25) is 0 Å². The van der Waals surface area contributed by atoms with Crippen molar-refractivity contribution in [3.05, 3.63) is 0 Å². The van der Waals surface area contributed by atoms with E-state index in [9.17, 15) is 4.79 Å². The van der Waals surface area contributed by atoms with Gasteiger partial charge < -0.3 is 19.7 Å². The summed E-state index contributed by atoms with van der Waals surface area (Å²) in [5, 5.41) is 3.53. The first-order chi connectivity index (χ1) is 9.73. The van der Waals surface area contributed by atoms with Crippen molar-refractivity contribution < 1.29 is 14.3 Å². The molecule has 5 heteroatoms. The Kier molecular flexibility index (Phi) is 6.94. The van der Waals surface area contributed by atoms with Gasteiger partial charge in [0.05, 0.1) is 0 Å². The van der Waals surface area contributed by atoms with E-state index in [1.165, 1.54) is 0 Å². The molecule has 0 aromatic carbocycles. The Hall–Kier alpha value is -0.810. The number of carbonyl (C=O) groups excluding carboxylic acids is 1. The van der Waals surface area contributed by atoms with Gasteiger partial charge in [-0.3, -0.25) is 0 Å². The third-order valence-electron chi connectivity index (χ3n) is 3.56. The highest BCUT2D eigenvalue weighted by molar-refractivity contribution is 5.68. The molecule has 1 saturated heterocycles. The largest absolute Gasteiger partial charge is 0.444 e. The highest BCUT2D eigenvalue weighted by Gasteiger charge is 2.34. The molecule has 0 spiro atoms. The second kappa shape index (κ2) is 7.99. The van der Waals surface area contributed by atoms with Crippen LogP contribution in [0.5, 0.6) is 0 Å². The third-order valence-corrected chi connectivity index (χ3v) is 3.56. The molecular formula is C16H32N2O3. The summed E-state index contributed by atoms with van der Waals surface area (Å²) in [5.74, 6) is 0. The molecule has 1 aliphatic rings. The Labute approximate surface area is 129 Å². The van der Waals surface area contributed by atoms with Gasteiger partial charge in [-0.15, -0.1) is 0 Å². The van der Waals surface area contributed by atoms with Crippen molar-refractivity contribution in [3.63, 3.8) is 0 Å². The SMILES string of the molecule is COCC[C@H]1CC[C@@H](NC(C)C)CN1C(=O)OC(C)(C)C. The zero-order valence-corrected chi connectivity index (χ0v) is 14.4. The average molecular weight is 300 g/mol. The van der Waals surface area contributed by atoms with Gasteiger partial charge in [0, 0.05) is 38.4 Å². The van der Waals surface area contributed by atoms with Gasteiger partial charge in [-0.2, -0.15) is 0 Å². The number of methoxy groups -OCH3 is 1. The van der Waals surface area contributed by atoms with Crippen LogP contribution in [0.25, 0.3) is 0 Å². The molecule has 2 atom stereocenters. The maximum atomic E-state index is 12.5. The Bertz CT molecular complexity index is 326. The third kappa shape index (κ3) is 6.66. The van der Waals surface area contributed by atoms with E-state index in [1.54, 1.807) is 7.11 Å². The molecule has 1 N–H and O–H groups in total. The summed E-state index contributed by atoms with van der Waals surface area (Å²) in [4.78, 5) is 14.3. The van der Waals surface area contributed by atoms with Crippen molar-refractivity contribution in [1.82, 2.24) is 10.2 Å². The number of hydrogen-bond donors (Lipinski definition) is 1. The summed E-state index contributed by atoms with van der Waals surface area (Å²) in [6.45, 7) is 11.4. The van der Waals surface area contributed by atoms with E-state index in [4.69, 9.17) is 9.47 Å². The number of rotatable bonds is 5. The van der Waals surface area contributed by atoms with Crippen LogP contribution >= 0.6 is 0 Å². The smallest absolute Gasteiger partial charge is 0.410 e. The van der Waals surface area contributed by atoms with Crippen LogP contribution in [0.1, 0.15) is 53.9 Å². The van der Waals surface area contributed by atoms with Crippen molar-refractivity contribution in [1.29, 1.82) is 0 Å². The van der Waals surface area contributed by atoms with Crippen molar-refractivity contribution >= 4 is 6.09 Å². The topological polar surface area (TPSA) is 50.8 Å². The number of hydrogen-bond acceptors (Lipinski definition) is 4. The van der Waals surface area contributed by atoms with E-state index in [0.717, 1.165) is 19.3 Å². The molecular weight excluding hydrogens is 268 g/mol. The predicted molar refractivity (Wildman–Crippen MR) is 84.5 cm³/mol. The molecule has 5 nitrogen and oxygen atoms in total. The van der Waals surface area contributed by atoms with Gasteiger partial charge in [-0.05, 0) is 40.0 Å². The summed E-state index contributed by atoms with van der Waals surface area (Å²) < 4.78 is 10.7. The normalized spacial score (nSPS) is 23.5. The highest BCUT2D eigenvalue weighted by atomic mass is 16.6. The number of ether oxygens (including phenoxy) is 2. The maximum Gasteiger partial charge on any atom is 0.410 e. The summed E-state index contributed by atoms with van der Waals surface area (Å²) in [5.41, 5.74) is -0.457. The van der Waals surface area contributed by atoms with Crippen LogP contribution in [0.4, 0.5) is 4.79 Å². The minimum absolute atomic E-state index is 0.209. The summed E-state index contributed by atoms with van der Waals surface area (Å²) in [7, 11) is 1.70. The molecule has 1 amide bonds. The predicted octanol–water partition coefficient (Wildman–Crippen LogP) is 2.79. The van der Waals surface area contributed by atoms with E-state index in [1.807, 2.05) is 25.7 Å². The standard InChI is InChI=1S/C16H32N2O3/c1-12(2)17-13-7-8-14(9-10-20-6)18(11-13)15(19)21-16(3,4)5/h12-14,17H,7-11H2,1-6H3/t13-,14-/m1/s1. The summed E-state index contributed by atoms with van der Waals surface area (Å²) in [6, 6.07) is 0.979. The first-order valence-corrected chi connectivity index (χ1v) is 7.97. The number of nitrogens with zero attached hydrogens (tertiary/aromatic N) is 1. The second-order valence-electron chi connectivity index (χ2n) is 7.16. The van der Waals surface area contributed by atoms with Crippen LogP contribution < -0.4 is 5.32 Å². The minimum Gasteiger partial charge on any atom is -0.444 e. The lowest BCUT2D eigenvalue weighted by Gasteiger charge is -2.41. The number of piperidine rings is 1. The Morgan fingerprint density at radius 1 is 1.33 bits per heavy atom. The van der Waals surface area contributed by atoms with Gasteiger partial charge in [-0.25, -0.2) is 4.79 Å². The molecule has 0 aliphatic carbocycles. The number of nitrogens with one attached hydrogen (secondary N) is 1. The molecule has 0 radical (unpaired) electrons. The van der Waals surface area contributed by atoms with Crippen molar-refractivity contribution in [3.8, 4) is 0 Å². The minimum atomic E-state index is -0.457. The number of carbonyl (C=O) groups is 1. The van der Waals surface area contributed by atoms with Crippen molar-refractivity contribution in [2.24, 2.45) is 0 Å². The molecule has 1 rings (SSSR count). The fourth-order valence-corrected chi connectivity index (χ4v) is 2.73. The molecule has 1 aliphatic heterocycles. The monoisotopic (exact) mass is 300 g/mol. The molecule has 0 aromatic rings. The molecule has 0 unspecified atom stereocenters. The molecule has 0 saturated carbocycles. The van der Waals surface area contributed by atoms with Gasteiger partial charge in [0.1, 0.15) is 5.60 Å². The maximum absolute atomic E-state index is 12.5. The van der Waals surface area contributed by atoms with Crippen molar-refractivity contribution in [2.75, 3.05) is 20.3 Å². The lowest BCUT2D eigenvalue weighted by Crippen LogP contribution is -2.55. The van der Waals surface area contributed by atoms with Crippen LogP contribution in [-0.2, 0) is 9.47 Å².